The lowest BCUT2D eigenvalue weighted by Gasteiger charge is -2.33. The van der Waals surface area contributed by atoms with Gasteiger partial charge in [0.2, 0.25) is 0 Å². The van der Waals surface area contributed by atoms with E-state index in [0.717, 1.165) is 28.5 Å². The second-order valence-electron chi connectivity index (χ2n) is 6.95. The van der Waals surface area contributed by atoms with E-state index in [1.807, 2.05) is 71.0 Å². The summed E-state index contributed by atoms with van der Waals surface area (Å²) < 4.78 is 7.70. The van der Waals surface area contributed by atoms with E-state index in [2.05, 4.69) is 10.2 Å². The lowest BCUT2D eigenvalue weighted by atomic mass is 10.1. The number of aliphatic carboxylic acids is 1. The summed E-state index contributed by atoms with van der Waals surface area (Å²) in [5.74, 6) is 1.51. The highest BCUT2D eigenvalue weighted by Crippen LogP contribution is 2.22. The van der Waals surface area contributed by atoms with Gasteiger partial charge >= 0.3 is 5.97 Å². The summed E-state index contributed by atoms with van der Waals surface area (Å²) in [4.78, 5) is 13.7. The van der Waals surface area contributed by atoms with Crippen LogP contribution in [0.15, 0.2) is 54.6 Å². The van der Waals surface area contributed by atoms with Crippen LogP contribution in [-0.4, -0.2) is 36.8 Å². The lowest BCUT2D eigenvalue weighted by Crippen LogP contribution is -2.47. The number of carboxylic acid groups (broad SMARTS) is 1. The highest BCUT2D eigenvalue weighted by atomic mass is 16.5. The Morgan fingerprint density at radius 3 is 2.57 bits per heavy atom. The largest absolute Gasteiger partial charge is 0.489 e. The Labute approximate surface area is 163 Å². The Kier molecular flexibility index (Phi) is 5.08. The molecule has 1 aliphatic heterocycles. The summed E-state index contributed by atoms with van der Waals surface area (Å²) in [6, 6.07) is 17.2. The fourth-order valence-corrected chi connectivity index (χ4v) is 3.43. The minimum Gasteiger partial charge on any atom is -0.489 e. The van der Waals surface area contributed by atoms with E-state index in [1.165, 1.54) is 0 Å². The summed E-state index contributed by atoms with van der Waals surface area (Å²) in [6.07, 6.45) is 0. The summed E-state index contributed by atoms with van der Waals surface area (Å²) >= 11 is 0. The number of fused-ring (bicyclic) bond motifs is 1. The molecular formula is C21H22N4O3. The van der Waals surface area contributed by atoms with Crippen LogP contribution in [0.3, 0.4) is 0 Å². The first-order chi connectivity index (χ1) is 13.6. The van der Waals surface area contributed by atoms with Gasteiger partial charge in [-0.2, -0.15) is 0 Å². The normalized spacial score (nSPS) is 16.5. The van der Waals surface area contributed by atoms with Gasteiger partial charge in [0.25, 0.3) is 0 Å². The molecule has 144 valence electrons. The third-order valence-corrected chi connectivity index (χ3v) is 5.00. The highest BCUT2D eigenvalue weighted by Gasteiger charge is 2.33. The van der Waals surface area contributed by atoms with Crippen LogP contribution in [0.4, 0.5) is 0 Å². The molecule has 3 aromatic rings. The SMILES string of the molecule is Cc1nnc2n1CC(C(=O)O)N(Cc1ccc(OCc3ccccc3)cc1)C2. The van der Waals surface area contributed by atoms with Gasteiger partial charge < -0.3 is 14.4 Å². The van der Waals surface area contributed by atoms with E-state index in [4.69, 9.17) is 4.74 Å². The van der Waals surface area contributed by atoms with Crippen molar-refractivity contribution in [2.24, 2.45) is 0 Å². The van der Waals surface area contributed by atoms with Gasteiger partial charge in [0.05, 0.1) is 13.1 Å². The predicted molar refractivity (Wildman–Crippen MR) is 103 cm³/mol. The number of hydrogen-bond donors (Lipinski definition) is 1. The van der Waals surface area contributed by atoms with Gasteiger partial charge in [0, 0.05) is 6.54 Å². The molecule has 0 aliphatic carbocycles. The minimum absolute atomic E-state index is 0.363. The Bertz CT molecular complexity index is 954. The number of ether oxygens (including phenoxy) is 1. The molecule has 0 radical (unpaired) electrons. The number of nitrogens with zero attached hydrogens (tertiary/aromatic N) is 4. The van der Waals surface area contributed by atoms with Gasteiger partial charge in [0.1, 0.15) is 30.0 Å². The number of aryl methyl sites for hydroxylation is 1. The van der Waals surface area contributed by atoms with Crippen molar-refractivity contribution < 1.29 is 14.6 Å². The van der Waals surface area contributed by atoms with Crippen LogP contribution in [0, 0.1) is 6.92 Å². The predicted octanol–water partition coefficient (Wildman–Crippen LogP) is 2.63. The van der Waals surface area contributed by atoms with E-state index in [9.17, 15) is 9.90 Å². The Balaban J connectivity index is 1.42. The van der Waals surface area contributed by atoms with Crippen molar-refractivity contribution >= 4 is 5.97 Å². The third-order valence-electron chi connectivity index (χ3n) is 5.00. The molecule has 1 N–H and O–H groups in total. The van der Waals surface area contributed by atoms with Crippen molar-refractivity contribution in [3.63, 3.8) is 0 Å². The molecule has 1 aromatic heterocycles. The summed E-state index contributed by atoms with van der Waals surface area (Å²) in [7, 11) is 0. The smallest absolute Gasteiger partial charge is 0.322 e. The molecule has 0 fully saturated rings. The Hall–Kier alpha value is -3.19. The first kappa shape index (κ1) is 18.2. The van der Waals surface area contributed by atoms with Crippen LogP contribution in [0.25, 0.3) is 0 Å². The first-order valence-electron chi connectivity index (χ1n) is 9.21. The van der Waals surface area contributed by atoms with Crippen LogP contribution < -0.4 is 4.74 Å². The topological polar surface area (TPSA) is 80.5 Å². The molecule has 0 saturated carbocycles. The molecule has 1 atom stereocenters. The van der Waals surface area contributed by atoms with Crippen LogP contribution >= 0.6 is 0 Å². The number of rotatable bonds is 6. The van der Waals surface area contributed by atoms with E-state index < -0.39 is 12.0 Å². The van der Waals surface area contributed by atoms with Crippen molar-refractivity contribution in [2.45, 2.75) is 39.2 Å². The molecule has 1 aliphatic rings. The molecule has 1 unspecified atom stereocenters. The van der Waals surface area contributed by atoms with E-state index in [-0.39, 0.29) is 0 Å². The minimum atomic E-state index is -0.832. The molecule has 4 rings (SSSR count). The molecule has 2 aromatic carbocycles. The van der Waals surface area contributed by atoms with Crippen molar-refractivity contribution in [3.05, 3.63) is 77.4 Å². The fraction of sp³-hybridized carbons (Fsp3) is 0.286. The van der Waals surface area contributed by atoms with E-state index >= 15 is 0 Å². The zero-order valence-corrected chi connectivity index (χ0v) is 15.7. The molecule has 2 heterocycles. The van der Waals surface area contributed by atoms with Gasteiger partial charge in [0.15, 0.2) is 0 Å². The second kappa shape index (κ2) is 7.82. The number of aromatic nitrogens is 3. The van der Waals surface area contributed by atoms with Crippen molar-refractivity contribution in [3.8, 4) is 5.75 Å². The number of carboxylic acids is 1. The van der Waals surface area contributed by atoms with Crippen LogP contribution in [-0.2, 0) is 31.0 Å². The summed E-state index contributed by atoms with van der Waals surface area (Å²) in [6.45, 7) is 3.72. The zero-order valence-electron chi connectivity index (χ0n) is 15.7. The van der Waals surface area contributed by atoms with Crippen LogP contribution in [0.1, 0.15) is 22.8 Å². The quantitative estimate of drug-likeness (QED) is 0.710. The first-order valence-corrected chi connectivity index (χ1v) is 9.21. The lowest BCUT2D eigenvalue weighted by molar-refractivity contribution is -0.145. The van der Waals surface area contributed by atoms with Crippen LogP contribution in [0.5, 0.6) is 5.75 Å². The monoisotopic (exact) mass is 378 g/mol. The molecule has 28 heavy (non-hydrogen) atoms. The Morgan fingerprint density at radius 2 is 1.86 bits per heavy atom. The second-order valence-corrected chi connectivity index (χ2v) is 6.95. The molecule has 0 amide bonds. The summed E-state index contributed by atoms with van der Waals surface area (Å²) in [5.41, 5.74) is 2.14. The maximum Gasteiger partial charge on any atom is 0.322 e. The number of carbonyl (C=O) groups is 1. The van der Waals surface area contributed by atoms with Gasteiger partial charge in [-0.25, -0.2) is 0 Å². The molecule has 0 bridgehead atoms. The molecule has 0 saturated heterocycles. The summed E-state index contributed by atoms with van der Waals surface area (Å²) in [5, 5.41) is 17.9. The van der Waals surface area contributed by atoms with Crippen molar-refractivity contribution in [1.29, 1.82) is 0 Å². The van der Waals surface area contributed by atoms with Crippen molar-refractivity contribution in [2.75, 3.05) is 0 Å². The van der Waals surface area contributed by atoms with Crippen molar-refractivity contribution in [1.82, 2.24) is 19.7 Å². The van der Waals surface area contributed by atoms with Gasteiger partial charge in [-0.1, -0.05) is 42.5 Å². The molecular weight excluding hydrogens is 356 g/mol. The van der Waals surface area contributed by atoms with Gasteiger partial charge in [-0.05, 0) is 30.2 Å². The number of hydrogen-bond acceptors (Lipinski definition) is 5. The van der Waals surface area contributed by atoms with Gasteiger partial charge in [-0.15, -0.1) is 10.2 Å². The molecule has 7 nitrogen and oxygen atoms in total. The van der Waals surface area contributed by atoms with Crippen LogP contribution in [0.2, 0.25) is 0 Å². The Morgan fingerprint density at radius 1 is 1.11 bits per heavy atom. The average molecular weight is 378 g/mol. The molecule has 0 spiro atoms. The fourth-order valence-electron chi connectivity index (χ4n) is 3.43. The maximum absolute atomic E-state index is 11.8. The zero-order chi connectivity index (χ0) is 19.5. The van der Waals surface area contributed by atoms with Gasteiger partial charge in [-0.3, -0.25) is 9.69 Å². The van der Waals surface area contributed by atoms with E-state index in [1.54, 1.807) is 0 Å². The number of benzene rings is 2. The highest BCUT2D eigenvalue weighted by molar-refractivity contribution is 5.73. The standard InChI is InChI=1S/C21H22N4O3/c1-15-22-23-20-13-24(19(21(26)27)12-25(15)20)11-16-7-9-18(10-8-16)28-14-17-5-3-2-4-6-17/h2-10,19H,11-14H2,1H3,(H,26,27). The third kappa shape index (κ3) is 3.89. The average Bonchev–Trinajstić information content (AvgIpc) is 3.07. The maximum atomic E-state index is 11.8. The van der Waals surface area contributed by atoms with E-state index in [0.29, 0.717) is 26.2 Å². The molecule has 7 heteroatoms.